The van der Waals surface area contributed by atoms with Crippen molar-refractivity contribution in [1.29, 1.82) is 0 Å². The van der Waals surface area contributed by atoms with Gasteiger partial charge < -0.3 is 15.4 Å². The summed E-state index contributed by atoms with van der Waals surface area (Å²) in [7, 11) is 1.82. The molecule has 3 rings (SSSR count). The van der Waals surface area contributed by atoms with E-state index in [1.807, 2.05) is 13.2 Å². The maximum absolute atomic E-state index is 13.2. The molecular weight excluding hydrogens is 311 g/mol. The number of hydrogen-bond acceptors (Lipinski definition) is 3. The van der Waals surface area contributed by atoms with Gasteiger partial charge in [0.25, 0.3) is 0 Å². The Bertz CT molecular complexity index is 680. The molecule has 0 unspecified atom stereocenters. The molecule has 24 heavy (non-hydrogen) atoms. The van der Waals surface area contributed by atoms with Crippen LogP contribution in [0, 0.1) is 5.82 Å². The van der Waals surface area contributed by atoms with E-state index >= 15 is 0 Å². The number of aromatic nitrogens is 2. The second-order valence-electron chi connectivity index (χ2n) is 5.93. The number of ether oxygens (including phenoxy) is 1. The van der Waals surface area contributed by atoms with E-state index in [1.165, 1.54) is 12.1 Å². The van der Waals surface area contributed by atoms with E-state index in [0.717, 1.165) is 24.0 Å². The molecule has 128 valence electrons. The van der Waals surface area contributed by atoms with Crippen molar-refractivity contribution in [2.45, 2.75) is 31.5 Å². The van der Waals surface area contributed by atoms with E-state index in [2.05, 4.69) is 15.7 Å². The number of amides is 2. The molecular formula is C17H21FN4O2. The second kappa shape index (κ2) is 7.44. The Kier molecular flexibility index (Phi) is 5.10. The smallest absolute Gasteiger partial charge is 0.315 e. The molecule has 1 saturated heterocycles. The first kappa shape index (κ1) is 16.4. The molecule has 0 radical (unpaired) electrons. The molecule has 2 amide bonds. The highest BCUT2D eigenvalue weighted by Crippen LogP contribution is 2.27. The van der Waals surface area contributed by atoms with Crippen LogP contribution in [0.5, 0.6) is 0 Å². The van der Waals surface area contributed by atoms with Crippen LogP contribution in [0.1, 0.15) is 30.0 Å². The molecule has 0 bridgehead atoms. The monoisotopic (exact) mass is 332 g/mol. The van der Waals surface area contributed by atoms with Gasteiger partial charge in [0.15, 0.2) is 0 Å². The molecule has 2 N–H and O–H groups in total. The fraction of sp³-hybridized carbons (Fsp3) is 0.412. The summed E-state index contributed by atoms with van der Waals surface area (Å²) in [5.74, 6) is -0.300. The number of carbonyl (C=O) groups is 1. The number of carbonyl (C=O) groups excluding carboxylic acids is 1. The molecule has 0 spiro atoms. The van der Waals surface area contributed by atoms with Crippen molar-refractivity contribution in [3.63, 3.8) is 0 Å². The van der Waals surface area contributed by atoms with Crippen LogP contribution in [0.25, 0.3) is 0 Å². The minimum atomic E-state index is -0.304. The van der Waals surface area contributed by atoms with Crippen molar-refractivity contribution in [1.82, 2.24) is 20.4 Å². The van der Waals surface area contributed by atoms with Crippen LogP contribution >= 0.6 is 0 Å². The van der Waals surface area contributed by atoms with Gasteiger partial charge in [-0.25, -0.2) is 9.18 Å². The van der Waals surface area contributed by atoms with Crippen LogP contribution in [-0.2, 0) is 18.3 Å². The fourth-order valence-corrected chi connectivity index (χ4v) is 2.86. The Morgan fingerprint density at radius 1 is 1.46 bits per heavy atom. The predicted octanol–water partition coefficient (Wildman–Crippen LogP) is 2.28. The zero-order valence-corrected chi connectivity index (χ0v) is 13.5. The van der Waals surface area contributed by atoms with Gasteiger partial charge in [0.1, 0.15) is 5.82 Å². The molecule has 1 aliphatic heterocycles. The molecule has 7 heteroatoms. The summed E-state index contributed by atoms with van der Waals surface area (Å²) in [4.78, 5) is 12.3. The van der Waals surface area contributed by atoms with E-state index in [4.69, 9.17) is 4.74 Å². The summed E-state index contributed by atoms with van der Waals surface area (Å²) in [6.45, 7) is 1.07. The summed E-state index contributed by atoms with van der Waals surface area (Å²) in [6.07, 6.45) is 5.28. The molecule has 0 aliphatic carbocycles. The predicted molar refractivity (Wildman–Crippen MR) is 86.7 cm³/mol. The van der Waals surface area contributed by atoms with Gasteiger partial charge in [0.2, 0.25) is 0 Å². The average Bonchev–Trinajstić information content (AvgIpc) is 3.23. The van der Waals surface area contributed by atoms with Crippen molar-refractivity contribution in [2.75, 3.05) is 6.61 Å². The molecule has 2 aromatic rings. The number of hydrogen-bond donors (Lipinski definition) is 2. The fourth-order valence-electron chi connectivity index (χ4n) is 2.86. The van der Waals surface area contributed by atoms with Gasteiger partial charge in [-0.1, -0.05) is 12.1 Å². The minimum Gasteiger partial charge on any atom is -0.376 e. The van der Waals surface area contributed by atoms with Crippen LogP contribution in [0.15, 0.2) is 36.7 Å². The van der Waals surface area contributed by atoms with E-state index in [9.17, 15) is 9.18 Å². The molecule has 1 aromatic heterocycles. The molecule has 6 nitrogen and oxygen atoms in total. The van der Waals surface area contributed by atoms with E-state index < -0.39 is 0 Å². The van der Waals surface area contributed by atoms with Crippen molar-refractivity contribution in [3.8, 4) is 0 Å². The zero-order valence-electron chi connectivity index (χ0n) is 13.5. The van der Waals surface area contributed by atoms with E-state index in [0.29, 0.717) is 13.2 Å². The largest absolute Gasteiger partial charge is 0.376 e. The maximum Gasteiger partial charge on any atom is 0.315 e. The van der Waals surface area contributed by atoms with Gasteiger partial charge >= 0.3 is 6.03 Å². The average molecular weight is 332 g/mol. The van der Waals surface area contributed by atoms with Crippen molar-refractivity contribution >= 4 is 6.03 Å². The Hall–Kier alpha value is -2.41. The van der Waals surface area contributed by atoms with Crippen LogP contribution in [0.2, 0.25) is 0 Å². The van der Waals surface area contributed by atoms with Gasteiger partial charge in [0, 0.05) is 32.0 Å². The third-order valence-corrected chi connectivity index (χ3v) is 4.06. The van der Waals surface area contributed by atoms with Gasteiger partial charge in [-0.2, -0.15) is 5.10 Å². The van der Waals surface area contributed by atoms with Crippen molar-refractivity contribution in [3.05, 3.63) is 53.6 Å². The number of benzene rings is 1. The Labute approximate surface area is 140 Å². The highest BCUT2D eigenvalue weighted by atomic mass is 19.1. The summed E-state index contributed by atoms with van der Waals surface area (Å²) in [5, 5.41) is 9.83. The third-order valence-electron chi connectivity index (χ3n) is 4.06. The van der Waals surface area contributed by atoms with Gasteiger partial charge in [-0.05, 0) is 30.5 Å². The number of nitrogens with one attached hydrogen (secondary N) is 2. The van der Waals surface area contributed by atoms with Gasteiger partial charge in [-0.3, -0.25) is 4.68 Å². The first-order valence-corrected chi connectivity index (χ1v) is 8.01. The van der Waals surface area contributed by atoms with Gasteiger partial charge in [-0.15, -0.1) is 0 Å². The normalized spacial score (nSPS) is 18.3. The van der Waals surface area contributed by atoms with Crippen LogP contribution < -0.4 is 10.6 Å². The van der Waals surface area contributed by atoms with Crippen LogP contribution in [0.3, 0.4) is 0 Å². The zero-order chi connectivity index (χ0) is 16.9. The second-order valence-corrected chi connectivity index (χ2v) is 5.93. The maximum atomic E-state index is 13.2. The third kappa shape index (κ3) is 4.11. The number of halogens is 1. The molecule has 1 aliphatic rings. The Balaban J connectivity index is 1.64. The molecule has 1 aromatic carbocycles. The molecule has 1 fully saturated rings. The lowest BCUT2D eigenvalue weighted by atomic mass is 9.99. The van der Waals surface area contributed by atoms with Crippen molar-refractivity contribution in [2.24, 2.45) is 7.05 Å². The van der Waals surface area contributed by atoms with Gasteiger partial charge in [0.05, 0.1) is 18.3 Å². The minimum absolute atomic E-state index is 0.0976. The van der Waals surface area contributed by atoms with E-state index in [-0.39, 0.29) is 24.0 Å². The number of rotatable bonds is 5. The lowest BCUT2D eigenvalue weighted by Crippen LogP contribution is -2.41. The Morgan fingerprint density at radius 3 is 2.88 bits per heavy atom. The lowest BCUT2D eigenvalue weighted by molar-refractivity contribution is 0.0807. The first-order valence-electron chi connectivity index (χ1n) is 8.01. The van der Waals surface area contributed by atoms with E-state index in [1.54, 1.807) is 23.0 Å². The quantitative estimate of drug-likeness (QED) is 0.883. The summed E-state index contributed by atoms with van der Waals surface area (Å²) in [5.41, 5.74) is 1.75. The Morgan fingerprint density at radius 2 is 2.25 bits per heavy atom. The SMILES string of the molecule is Cn1cc(CNC(=O)N[C@@H](c2ccc(F)cc2)[C@@H]2CCCO2)cn1. The topological polar surface area (TPSA) is 68.2 Å². The highest BCUT2D eigenvalue weighted by Gasteiger charge is 2.28. The number of aryl methyl sites for hydroxylation is 1. The summed E-state index contributed by atoms with van der Waals surface area (Å²) in [6, 6.07) is 5.57. The molecule has 2 heterocycles. The lowest BCUT2D eigenvalue weighted by Gasteiger charge is -2.25. The summed E-state index contributed by atoms with van der Waals surface area (Å²) < 4.78 is 20.6. The first-order chi connectivity index (χ1) is 11.6. The van der Waals surface area contributed by atoms with Crippen LogP contribution in [-0.4, -0.2) is 28.5 Å². The van der Waals surface area contributed by atoms with Crippen LogP contribution in [0.4, 0.5) is 9.18 Å². The molecule has 2 atom stereocenters. The standard InChI is InChI=1S/C17H21FN4O2/c1-22-11-12(10-20-22)9-19-17(23)21-16(15-3-2-8-24-15)13-4-6-14(18)7-5-13/h4-7,10-11,15-16H,2-3,8-9H2,1H3,(H2,19,21,23)/t15-,16-/m0/s1. The molecule has 0 saturated carbocycles. The number of urea groups is 1. The van der Waals surface area contributed by atoms with Crippen molar-refractivity contribution < 1.29 is 13.9 Å². The number of nitrogens with zero attached hydrogens (tertiary/aromatic N) is 2. The highest BCUT2D eigenvalue weighted by molar-refractivity contribution is 5.74. The summed E-state index contributed by atoms with van der Waals surface area (Å²) >= 11 is 0.